The Bertz CT molecular complexity index is 1200. The molecule has 1 aromatic carbocycles. The third-order valence-corrected chi connectivity index (χ3v) is 7.42. The van der Waals surface area contributed by atoms with E-state index in [-0.39, 0.29) is 19.0 Å². The Labute approximate surface area is 207 Å². The number of amides is 2. The number of β-amino-alcohol motifs (C(OH)–C–C–N with tert-alkyl or cyclic N) is 1. The van der Waals surface area contributed by atoms with Gasteiger partial charge in [-0.15, -0.1) is 11.3 Å². The first-order valence-electron chi connectivity index (χ1n) is 11.6. The molecule has 1 saturated heterocycles. The minimum atomic E-state index is -1.87. The lowest BCUT2D eigenvalue weighted by molar-refractivity contribution is -0.143. The number of carbonyl (C=O) groups excluding carboxylic acids is 2. The molecule has 10 heteroatoms. The largest absolute Gasteiger partial charge is 0.388 e. The zero-order chi connectivity index (χ0) is 25.3. The summed E-state index contributed by atoms with van der Waals surface area (Å²) in [5.74, 6) is -1.22. The van der Waals surface area contributed by atoms with E-state index in [4.69, 9.17) is 0 Å². The highest BCUT2D eigenvalue weighted by Crippen LogP contribution is 2.30. The quantitative estimate of drug-likeness (QED) is 0.521. The van der Waals surface area contributed by atoms with E-state index in [1.807, 2.05) is 45.9 Å². The number of nitrogens with zero attached hydrogens (tertiary/aromatic N) is 4. The predicted molar refractivity (Wildman–Crippen MR) is 131 cm³/mol. The van der Waals surface area contributed by atoms with Crippen LogP contribution in [0.5, 0.6) is 0 Å². The highest BCUT2D eigenvalue weighted by Gasteiger charge is 2.49. The normalized spacial score (nSPS) is 20.9. The van der Waals surface area contributed by atoms with Crippen LogP contribution >= 0.6 is 11.3 Å². The second kappa shape index (κ2) is 10.2. The zero-order valence-electron chi connectivity index (χ0n) is 20.2. The zero-order valence-corrected chi connectivity index (χ0v) is 21.0. The number of likely N-dealkylation sites (tertiary alicyclic amines) is 1. The average Bonchev–Trinajstić information content (AvgIpc) is 3.54. The van der Waals surface area contributed by atoms with Gasteiger partial charge in [-0.05, 0) is 42.5 Å². The molecule has 3 heterocycles. The number of carbonyl (C=O) groups is 2. The van der Waals surface area contributed by atoms with Crippen molar-refractivity contribution < 1.29 is 19.1 Å². The van der Waals surface area contributed by atoms with Crippen molar-refractivity contribution >= 4 is 23.2 Å². The SMILES string of the molecule is Cc1cc(-c2scnc2C)ccc1CNC(=O)[C@@H]1[C@@H](F)[C@@H](O)CN1C(=O)[C@H](C(C)C)n1cccn1. The standard InChI is InChI=1S/C25H30FN5O3S/c1-14(2)21(31-9-5-8-29-31)25(34)30-12-19(32)20(26)22(30)24(33)27-11-18-7-6-17(10-15(18)3)23-16(4)28-13-35-23/h5-10,13-14,19-22,32H,11-12H2,1-4H3,(H,27,33)/t19-,20-,21-,22-/m0/s1. The molecule has 0 saturated carbocycles. The number of nitrogens with one attached hydrogen (secondary N) is 1. The number of aryl methyl sites for hydroxylation is 2. The number of aliphatic hydroxyl groups excluding tert-OH is 1. The Morgan fingerprint density at radius 1 is 1.31 bits per heavy atom. The fourth-order valence-electron chi connectivity index (χ4n) is 4.53. The first-order chi connectivity index (χ1) is 16.7. The van der Waals surface area contributed by atoms with Gasteiger partial charge in [0.2, 0.25) is 11.8 Å². The van der Waals surface area contributed by atoms with Gasteiger partial charge in [-0.25, -0.2) is 9.37 Å². The Balaban J connectivity index is 1.49. The van der Waals surface area contributed by atoms with Crippen molar-refractivity contribution in [2.24, 2.45) is 5.92 Å². The first-order valence-corrected chi connectivity index (χ1v) is 12.5. The van der Waals surface area contributed by atoms with E-state index in [0.29, 0.717) is 0 Å². The van der Waals surface area contributed by atoms with Crippen molar-refractivity contribution in [3.63, 3.8) is 0 Å². The number of benzene rings is 1. The fraction of sp³-hybridized carbons (Fsp3) is 0.440. The molecular weight excluding hydrogens is 469 g/mol. The summed E-state index contributed by atoms with van der Waals surface area (Å²) in [7, 11) is 0. The summed E-state index contributed by atoms with van der Waals surface area (Å²) in [5, 5.41) is 17.1. The lowest BCUT2D eigenvalue weighted by Crippen LogP contribution is -2.51. The minimum absolute atomic E-state index is 0.148. The molecule has 1 aliphatic heterocycles. The van der Waals surface area contributed by atoms with Gasteiger partial charge in [-0.1, -0.05) is 32.0 Å². The molecule has 3 aromatic rings. The van der Waals surface area contributed by atoms with Gasteiger partial charge in [-0.3, -0.25) is 14.3 Å². The maximum absolute atomic E-state index is 15.0. The van der Waals surface area contributed by atoms with E-state index in [1.54, 1.807) is 35.3 Å². The molecule has 1 aliphatic rings. The number of aromatic nitrogens is 3. The second-order valence-corrected chi connectivity index (χ2v) is 10.1. The lowest BCUT2D eigenvalue weighted by atomic mass is 10.0. The molecular formula is C25H30FN5O3S. The molecule has 8 nitrogen and oxygen atoms in total. The van der Waals surface area contributed by atoms with Crippen LogP contribution in [0.1, 0.15) is 36.7 Å². The summed E-state index contributed by atoms with van der Waals surface area (Å²) >= 11 is 1.57. The first kappa shape index (κ1) is 25.0. The molecule has 186 valence electrons. The molecule has 0 spiro atoms. The van der Waals surface area contributed by atoms with Gasteiger partial charge in [0.15, 0.2) is 6.17 Å². The molecule has 0 radical (unpaired) electrons. The molecule has 0 bridgehead atoms. The second-order valence-electron chi connectivity index (χ2n) is 9.25. The van der Waals surface area contributed by atoms with E-state index in [9.17, 15) is 19.1 Å². The molecule has 0 aliphatic carbocycles. The Kier molecular flexibility index (Phi) is 7.32. The van der Waals surface area contributed by atoms with Crippen molar-refractivity contribution in [2.45, 2.75) is 58.6 Å². The number of alkyl halides is 1. The molecule has 1 fully saturated rings. The summed E-state index contributed by atoms with van der Waals surface area (Å²) in [6.45, 7) is 7.57. The third-order valence-electron chi connectivity index (χ3n) is 6.44. The van der Waals surface area contributed by atoms with E-state index in [0.717, 1.165) is 32.2 Å². The topological polar surface area (TPSA) is 100 Å². The summed E-state index contributed by atoms with van der Waals surface area (Å²) in [4.78, 5) is 33.0. The predicted octanol–water partition coefficient (Wildman–Crippen LogP) is 3.05. The fourth-order valence-corrected chi connectivity index (χ4v) is 5.33. The summed E-state index contributed by atoms with van der Waals surface area (Å²) in [5.41, 5.74) is 5.68. The maximum Gasteiger partial charge on any atom is 0.248 e. The van der Waals surface area contributed by atoms with Gasteiger partial charge in [0.25, 0.3) is 0 Å². The lowest BCUT2D eigenvalue weighted by Gasteiger charge is -2.30. The monoisotopic (exact) mass is 499 g/mol. The van der Waals surface area contributed by atoms with Crippen molar-refractivity contribution in [3.05, 3.63) is 59.0 Å². The van der Waals surface area contributed by atoms with Gasteiger partial charge < -0.3 is 15.3 Å². The number of rotatable bonds is 7. The van der Waals surface area contributed by atoms with Crippen LogP contribution in [0.4, 0.5) is 4.39 Å². The molecule has 35 heavy (non-hydrogen) atoms. The van der Waals surface area contributed by atoms with E-state index < -0.39 is 36.2 Å². The van der Waals surface area contributed by atoms with Gasteiger partial charge in [0.1, 0.15) is 18.2 Å². The van der Waals surface area contributed by atoms with Crippen LogP contribution in [0.25, 0.3) is 10.4 Å². The average molecular weight is 500 g/mol. The Hall–Kier alpha value is -3.11. The summed E-state index contributed by atoms with van der Waals surface area (Å²) in [6, 6.07) is 5.52. The molecule has 4 atom stereocenters. The molecule has 2 N–H and O–H groups in total. The summed E-state index contributed by atoms with van der Waals surface area (Å²) in [6.07, 6.45) is -0.0731. The van der Waals surface area contributed by atoms with Crippen LogP contribution < -0.4 is 5.32 Å². The smallest absolute Gasteiger partial charge is 0.248 e. The molecule has 0 unspecified atom stereocenters. The Morgan fingerprint density at radius 3 is 2.69 bits per heavy atom. The van der Waals surface area contributed by atoms with Gasteiger partial charge >= 0.3 is 0 Å². The molecule has 4 rings (SSSR count). The van der Waals surface area contributed by atoms with Crippen LogP contribution in [0.15, 0.2) is 42.2 Å². The van der Waals surface area contributed by atoms with Crippen LogP contribution in [-0.4, -0.2) is 61.4 Å². The van der Waals surface area contributed by atoms with E-state index >= 15 is 0 Å². The maximum atomic E-state index is 15.0. The molecule has 2 amide bonds. The van der Waals surface area contributed by atoms with Gasteiger partial charge in [0, 0.05) is 18.9 Å². The number of thiazole rings is 1. The number of halogens is 1. The molecule has 2 aromatic heterocycles. The van der Waals surface area contributed by atoms with Crippen LogP contribution in [-0.2, 0) is 16.1 Å². The van der Waals surface area contributed by atoms with Crippen molar-refractivity contribution in [3.8, 4) is 10.4 Å². The number of hydrogen-bond acceptors (Lipinski definition) is 6. The van der Waals surface area contributed by atoms with Crippen LogP contribution in [0.3, 0.4) is 0 Å². The highest BCUT2D eigenvalue weighted by molar-refractivity contribution is 7.13. The third kappa shape index (κ3) is 4.99. The van der Waals surface area contributed by atoms with Crippen molar-refractivity contribution in [1.82, 2.24) is 25.0 Å². The highest BCUT2D eigenvalue weighted by atomic mass is 32.1. The van der Waals surface area contributed by atoms with Gasteiger partial charge in [-0.2, -0.15) is 5.10 Å². The van der Waals surface area contributed by atoms with Gasteiger partial charge in [0.05, 0.1) is 22.6 Å². The Morgan fingerprint density at radius 2 is 2.09 bits per heavy atom. The number of hydrogen-bond donors (Lipinski definition) is 2. The van der Waals surface area contributed by atoms with Crippen LogP contribution in [0, 0.1) is 19.8 Å². The summed E-state index contributed by atoms with van der Waals surface area (Å²) < 4.78 is 16.5. The van der Waals surface area contributed by atoms with Crippen molar-refractivity contribution in [1.29, 1.82) is 0 Å². The number of aliphatic hydroxyl groups is 1. The van der Waals surface area contributed by atoms with E-state index in [2.05, 4.69) is 15.4 Å². The van der Waals surface area contributed by atoms with Crippen LogP contribution in [0.2, 0.25) is 0 Å². The minimum Gasteiger partial charge on any atom is -0.388 e. The van der Waals surface area contributed by atoms with Crippen molar-refractivity contribution in [2.75, 3.05) is 6.54 Å². The van der Waals surface area contributed by atoms with E-state index in [1.165, 1.54) is 4.68 Å².